The molecule has 2 fully saturated rings. The number of amides is 2. The number of likely N-dealkylation sites (tertiary alicyclic amines) is 1. The maximum atomic E-state index is 13.2. The summed E-state index contributed by atoms with van der Waals surface area (Å²) in [5.41, 5.74) is -0.658. The highest BCUT2D eigenvalue weighted by Crippen LogP contribution is 2.36. The van der Waals surface area contributed by atoms with Gasteiger partial charge in [0.25, 0.3) is 0 Å². The summed E-state index contributed by atoms with van der Waals surface area (Å²) in [5.74, 6) is 0.878. The van der Waals surface area contributed by atoms with E-state index in [2.05, 4.69) is 30.1 Å². The predicted molar refractivity (Wildman–Crippen MR) is 115 cm³/mol. The number of unbranched alkanes of at least 4 members (excludes halogenated alkanes) is 2. The first-order valence-corrected chi connectivity index (χ1v) is 11.5. The molecule has 1 saturated carbocycles. The van der Waals surface area contributed by atoms with Crippen molar-refractivity contribution in [2.75, 3.05) is 26.7 Å². The second-order valence-electron chi connectivity index (χ2n) is 9.21. The Labute approximate surface area is 177 Å². The van der Waals surface area contributed by atoms with Gasteiger partial charge in [-0.25, -0.2) is 0 Å². The molecule has 0 radical (unpaired) electrons. The molecule has 1 N–H and O–H groups in total. The van der Waals surface area contributed by atoms with Gasteiger partial charge in [0.1, 0.15) is 5.54 Å². The molecule has 0 aromatic rings. The lowest BCUT2D eigenvalue weighted by Gasteiger charge is -2.43. The largest absolute Gasteiger partial charge is 0.356 e. The van der Waals surface area contributed by atoms with Gasteiger partial charge in [-0.1, -0.05) is 26.7 Å². The topological polar surface area (TPSA) is 76.4 Å². The zero-order valence-corrected chi connectivity index (χ0v) is 18.9. The summed E-state index contributed by atoms with van der Waals surface area (Å²) >= 11 is 0. The SMILES string of the molecule is CCCCCNC(=O)C1CCN(C(C)C(=O)N(C)C2(C#N)CCC(C)CC2)CC1. The van der Waals surface area contributed by atoms with Crippen LogP contribution in [0.2, 0.25) is 0 Å². The van der Waals surface area contributed by atoms with E-state index in [0.29, 0.717) is 5.92 Å². The van der Waals surface area contributed by atoms with Gasteiger partial charge in [-0.15, -0.1) is 0 Å². The zero-order valence-electron chi connectivity index (χ0n) is 18.9. The summed E-state index contributed by atoms with van der Waals surface area (Å²) in [4.78, 5) is 29.4. The van der Waals surface area contributed by atoms with Gasteiger partial charge in [0, 0.05) is 19.5 Å². The number of rotatable bonds is 8. The van der Waals surface area contributed by atoms with E-state index in [1.54, 1.807) is 11.9 Å². The molecular formula is C23H40N4O2. The van der Waals surface area contributed by atoms with E-state index < -0.39 is 5.54 Å². The van der Waals surface area contributed by atoms with Crippen molar-refractivity contribution in [1.82, 2.24) is 15.1 Å². The Kier molecular flexibility index (Phi) is 8.95. The Morgan fingerprint density at radius 3 is 2.38 bits per heavy atom. The molecule has 1 aliphatic carbocycles. The van der Waals surface area contributed by atoms with Crippen molar-refractivity contribution in [2.24, 2.45) is 11.8 Å². The molecule has 2 aliphatic rings. The lowest BCUT2D eigenvalue weighted by Crippen LogP contribution is -2.57. The van der Waals surface area contributed by atoms with Gasteiger partial charge in [-0.3, -0.25) is 14.5 Å². The molecule has 1 atom stereocenters. The average molecular weight is 405 g/mol. The first-order chi connectivity index (χ1) is 13.8. The minimum Gasteiger partial charge on any atom is -0.356 e. The number of nitrogens with zero attached hydrogens (tertiary/aromatic N) is 3. The summed E-state index contributed by atoms with van der Waals surface area (Å²) < 4.78 is 0. The van der Waals surface area contributed by atoms with Crippen LogP contribution in [0.5, 0.6) is 0 Å². The summed E-state index contributed by atoms with van der Waals surface area (Å²) in [5, 5.41) is 12.9. The van der Waals surface area contributed by atoms with Crippen LogP contribution in [0.15, 0.2) is 0 Å². The van der Waals surface area contributed by atoms with Gasteiger partial charge in [-0.05, 0) is 70.9 Å². The normalized spacial score (nSPS) is 27.1. The van der Waals surface area contributed by atoms with E-state index in [0.717, 1.165) is 77.4 Å². The highest BCUT2D eigenvalue weighted by atomic mass is 16.2. The van der Waals surface area contributed by atoms with Gasteiger partial charge in [0.05, 0.1) is 12.1 Å². The number of nitrogens with one attached hydrogen (secondary N) is 1. The van der Waals surface area contributed by atoms with Crippen LogP contribution in [0.25, 0.3) is 0 Å². The Hall–Kier alpha value is -1.61. The molecule has 2 rings (SSSR count). The van der Waals surface area contributed by atoms with Gasteiger partial charge >= 0.3 is 0 Å². The fourth-order valence-electron chi connectivity index (χ4n) is 4.69. The molecule has 164 valence electrons. The van der Waals surface area contributed by atoms with Crippen LogP contribution >= 0.6 is 0 Å². The average Bonchev–Trinajstić information content (AvgIpc) is 2.76. The quantitative estimate of drug-likeness (QED) is 0.630. The first kappa shape index (κ1) is 23.7. The first-order valence-electron chi connectivity index (χ1n) is 11.5. The van der Waals surface area contributed by atoms with Crippen LogP contribution in [0.4, 0.5) is 0 Å². The van der Waals surface area contributed by atoms with Gasteiger partial charge < -0.3 is 10.2 Å². The summed E-state index contributed by atoms with van der Waals surface area (Å²) in [7, 11) is 1.80. The number of likely N-dealkylation sites (N-methyl/N-ethyl adjacent to an activating group) is 1. The Balaban J connectivity index is 1.85. The van der Waals surface area contributed by atoms with Gasteiger partial charge in [-0.2, -0.15) is 5.26 Å². The van der Waals surface area contributed by atoms with E-state index in [1.165, 1.54) is 0 Å². The summed E-state index contributed by atoms with van der Waals surface area (Å²) in [6, 6.07) is 2.21. The second-order valence-corrected chi connectivity index (χ2v) is 9.21. The van der Waals surface area contributed by atoms with E-state index in [-0.39, 0.29) is 23.8 Å². The Morgan fingerprint density at radius 2 is 1.83 bits per heavy atom. The monoisotopic (exact) mass is 404 g/mol. The molecule has 6 nitrogen and oxygen atoms in total. The van der Waals surface area contributed by atoms with E-state index in [4.69, 9.17) is 0 Å². The molecule has 2 amide bonds. The van der Waals surface area contributed by atoms with Crippen LogP contribution in [0.3, 0.4) is 0 Å². The van der Waals surface area contributed by atoms with Crippen LogP contribution < -0.4 is 5.32 Å². The van der Waals surface area contributed by atoms with Gasteiger partial charge in [0.2, 0.25) is 11.8 Å². The number of carbonyl (C=O) groups is 2. The maximum Gasteiger partial charge on any atom is 0.240 e. The van der Waals surface area contributed by atoms with Crippen molar-refractivity contribution >= 4 is 11.8 Å². The van der Waals surface area contributed by atoms with E-state index in [1.807, 2.05) is 6.92 Å². The van der Waals surface area contributed by atoms with E-state index >= 15 is 0 Å². The highest BCUT2D eigenvalue weighted by Gasteiger charge is 2.42. The fraction of sp³-hybridized carbons (Fsp3) is 0.870. The molecular weight excluding hydrogens is 364 g/mol. The maximum absolute atomic E-state index is 13.2. The Bertz CT molecular complexity index is 584. The van der Waals surface area contributed by atoms with Crippen molar-refractivity contribution in [2.45, 2.75) is 90.1 Å². The molecule has 1 heterocycles. The van der Waals surface area contributed by atoms with Crippen molar-refractivity contribution < 1.29 is 9.59 Å². The summed E-state index contributed by atoms with van der Waals surface area (Å²) in [6.45, 7) is 8.59. The fourth-order valence-corrected chi connectivity index (χ4v) is 4.69. The molecule has 0 spiro atoms. The number of hydrogen-bond donors (Lipinski definition) is 1. The molecule has 6 heteroatoms. The predicted octanol–water partition coefficient (Wildman–Crippen LogP) is 3.32. The number of nitriles is 1. The zero-order chi connectivity index (χ0) is 21.4. The number of carbonyl (C=O) groups excluding carboxylic acids is 2. The third-order valence-electron chi connectivity index (χ3n) is 7.17. The molecule has 0 aromatic carbocycles. The van der Waals surface area contributed by atoms with Crippen LogP contribution in [-0.2, 0) is 9.59 Å². The molecule has 1 saturated heterocycles. The molecule has 29 heavy (non-hydrogen) atoms. The smallest absolute Gasteiger partial charge is 0.240 e. The van der Waals surface area contributed by atoms with Crippen molar-refractivity contribution in [3.8, 4) is 6.07 Å². The highest BCUT2D eigenvalue weighted by molar-refractivity contribution is 5.82. The molecule has 0 bridgehead atoms. The lowest BCUT2D eigenvalue weighted by atomic mass is 9.77. The van der Waals surface area contributed by atoms with Crippen LogP contribution in [0.1, 0.15) is 78.6 Å². The third-order valence-corrected chi connectivity index (χ3v) is 7.17. The minimum absolute atomic E-state index is 0.0311. The minimum atomic E-state index is -0.658. The van der Waals surface area contributed by atoms with Crippen molar-refractivity contribution in [3.05, 3.63) is 0 Å². The molecule has 1 unspecified atom stereocenters. The van der Waals surface area contributed by atoms with Crippen LogP contribution in [-0.4, -0.2) is 59.9 Å². The summed E-state index contributed by atoms with van der Waals surface area (Å²) in [6.07, 6.45) is 8.45. The Morgan fingerprint density at radius 1 is 1.21 bits per heavy atom. The number of piperidine rings is 1. The second kappa shape index (κ2) is 11.0. The molecule has 0 aromatic heterocycles. The lowest BCUT2D eigenvalue weighted by molar-refractivity contribution is -0.141. The van der Waals surface area contributed by atoms with Crippen molar-refractivity contribution in [3.63, 3.8) is 0 Å². The number of hydrogen-bond acceptors (Lipinski definition) is 4. The standard InChI is InChI=1S/C23H40N4O2/c1-5-6-7-14-25-21(28)20-10-15-27(16-11-20)19(3)22(29)26(4)23(17-24)12-8-18(2)9-13-23/h18-20H,5-16H2,1-4H3,(H,25,28). The van der Waals surface area contributed by atoms with Gasteiger partial charge in [0.15, 0.2) is 0 Å². The third kappa shape index (κ3) is 5.94. The van der Waals surface area contributed by atoms with E-state index in [9.17, 15) is 14.9 Å². The molecule has 1 aliphatic heterocycles. The van der Waals surface area contributed by atoms with Crippen LogP contribution in [0, 0.1) is 23.2 Å². The van der Waals surface area contributed by atoms with Crippen molar-refractivity contribution in [1.29, 1.82) is 5.26 Å².